The molecule has 1 aromatic heterocycles. The van der Waals surface area contributed by atoms with Gasteiger partial charge < -0.3 is 9.82 Å². The van der Waals surface area contributed by atoms with Crippen LogP contribution in [0, 0.1) is 10.1 Å². The summed E-state index contributed by atoms with van der Waals surface area (Å²) in [5.41, 5.74) is 3.03. The van der Waals surface area contributed by atoms with Gasteiger partial charge in [0.1, 0.15) is 0 Å². The van der Waals surface area contributed by atoms with Gasteiger partial charge in [-0.25, -0.2) is 4.79 Å². The largest absolute Gasteiger partial charge is 0.355 e. The highest BCUT2D eigenvalue weighted by molar-refractivity contribution is 6.11. The van der Waals surface area contributed by atoms with Gasteiger partial charge in [0.2, 0.25) is 0 Å². The highest BCUT2D eigenvalue weighted by Gasteiger charge is 2.11. The predicted molar refractivity (Wildman–Crippen MR) is 86.4 cm³/mol. The van der Waals surface area contributed by atoms with Gasteiger partial charge in [0, 0.05) is 40.9 Å². The minimum atomic E-state index is -0.492. The zero-order valence-corrected chi connectivity index (χ0v) is 12.5. The molecule has 7 nitrogen and oxygen atoms in total. The van der Waals surface area contributed by atoms with Gasteiger partial charge in [-0.1, -0.05) is 11.2 Å². The molecule has 0 bridgehead atoms. The van der Waals surface area contributed by atoms with Crippen molar-refractivity contribution in [1.29, 1.82) is 0 Å². The van der Waals surface area contributed by atoms with Crippen LogP contribution in [0.5, 0.6) is 0 Å². The summed E-state index contributed by atoms with van der Waals surface area (Å²) in [7, 11) is 0. The number of nitro benzene ring substituents is 1. The molecule has 0 spiro atoms. The first-order valence-electron chi connectivity index (χ1n) is 6.88. The summed E-state index contributed by atoms with van der Waals surface area (Å²) in [5, 5.41) is 16.3. The number of non-ortho nitro benzene ring substituents is 1. The monoisotopic (exact) mass is 311 g/mol. The third-order valence-electron chi connectivity index (χ3n) is 3.52. The number of fused-ring (bicyclic) bond motifs is 3. The number of H-pyrrole nitrogens is 1. The van der Waals surface area contributed by atoms with Crippen LogP contribution in [-0.4, -0.2) is 21.6 Å². The van der Waals surface area contributed by atoms with Crippen molar-refractivity contribution < 1.29 is 14.6 Å². The number of oxime groups is 1. The van der Waals surface area contributed by atoms with Gasteiger partial charge in [0.25, 0.3) is 5.69 Å². The third kappa shape index (κ3) is 2.76. The number of nitro groups is 1. The van der Waals surface area contributed by atoms with Crippen molar-refractivity contribution in [2.45, 2.75) is 13.8 Å². The second kappa shape index (κ2) is 5.53. The molecule has 0 aliphatic heterocycles. The minimum Gasteiger partial charge on any atom is -0.355 e. The molecule has 1 heterocycles. The van der Waals surface area contributed by atoms with E-state index in [1.165, 1.54) is 19.1 Å². The van der Waals surface area contributed by atoms with E-state index < -0.39 is 10.9 Å². The molecule has 3 aromatic rings. The van der Waals surface area contributed by atoms with Crippen molar-refractivity contribution in [3.05, 3.63) is 52.1 Å². The molecule has 0 saturated heterocycles. The van der Waals surface area contributed by atoms with Crippen LogP contribution in [-0.2, 0) is 9.63 Å². The van der Waals surface area contributed by atoms with E-state index in [1.54, 1.807) is 13.0 Å². The molecule has 0 fully saturated rings. The van der Waals surface area contributed by atoms with E-state index in [4.69, 9.17) is 0 Å². The third-order valence-corrected chi connectivity index (χ3v) is 3.52. The van der Waals surface area contributed by atoms with E-state index in [9.17, 15) is 14.9 Å². The molecule has 0 aliphatic carbocycles. The lowest BCUT2D eigenvalue weighted by molar-refractivity contribution is -0.384. The maximum atomic E-state index is 11.0. The van der Waals surface area contributed by atoms with Crippen molar-refractivity contribution in [2.24, 2.45) is 5.16 Å². The van der Waals surface area contributed by atoms with Crippen LogP contribution in [0.15, 0.2) is 41.6 Å². The minimum absolute atomic E-state index is 0.0362. The van der Waals surface area contributed by atoms with E-state index in [0.29, 0.717) is 5.71 Å². The average Bonchev–Trinajstić information content (AvgIpc) is 2.89. The number of hydrogen-bond donors (Lipinski definition) is 1. The summed E-state index contributed by atoms with van der Waals surface area (Å²) in [6, 6.07) is 10.3. The normalized spacial score (nSPS) is 11.8. The molecule has 1 N–H and O–H groups in total. The van der Waals surface area contributed by atoms with Gasteiger partial charge in [-0.05, 0) is 30.7 Å². The van der Waals surface area contributed by atoms with Gasteiger partial charge in [0.15, 0.2) is 0 Å². The van der Waals surface area contributed by atoms with Crippen LogP contribution >= 0.6 is 0 Å². The lowest BCUT2D eigenvalue weighted by atomic mass is 10.1. The van der Waals surface area contributed by atoms with Crippen molar-refractivity contribution >= 4 is 39.2 Å². The first kappa shape index (κ1) is 14.7. The molecular weight excluding hydrogens is 298 g/mol. The Morgan fingerprint density at radius 2 is 1.78 bits per heavy atom. The van der Waals surface area contributed by atoms with Crippen LogP contribution in [0.3, 0.4) is 0 Å². The fraction of sp³-hybridized carbons (Fsp3) is 0.125. The zero-order valence-electron chi connectivity index (χ0n) is 12.5. The molecule has 0 amide bonds. The van der Waals surface area contributed by atoms with E-state index in [-0.39, 0.29) is 5.69 Å². The average molecular weight is 311 g/mol. The van der Waals surface area contributed by atoms with Crippen LogP contribution in [0.1, 0.15) is 19.4 Å². The highest BCUT2D eigenvalue weighted by Crippen LogP contribution is 2.29. The highest BCUT2D eigenvalue weighted by atomic mass is 16.7. The van der Waals surface area contributed by atoms with E-state index in [2.05, 4.69) is 15.0 Å². The second-order valence-electron chi connectivity index (χ2n) is 5.13. The van der Waals surface area contributed by atoms with Crippen LogP contribution in [0.4, 0.5) is 5.69 Å². The Kier molecular flexibility index (Phi) is 3.53. The Labute approximate surface area is 130 Å². The van der Waals surface area contributed by atoms with Crippen LogP contribution < -0.4 is 0 Å². The molecule has 0 saturated carbocycles. The molecule has 7 heteroatoms. The number of carbonyl (C=O) groups is 1. The zero-order chi connectivity index (χ0) is 16.6. The Hall–Kier alpha value is -3.22. The van der Waals surface area contributed by atoms with E-state index in [1.807, 2.05) is 18.2 Å². The van der Waals surface area contributed by atoms with Crippen molar-refractivity contribution in [2.75, 3.05) is 0 Å². The molecule has 0 unspecified atom stereocenters. The molecule has 0 radical (unpaired) electrons. The molecule has 2 aromatic carbocycles. The molecule has 0 atom stereocenters. The molecule has 116 valence electrons. The number of carbonyl (C=O) groups excluding carboxylic acids is 1. The SMILES string of the molecule is CC(=O)O/N=C(\C)c1ccc2[nH]c3ccc([N+](=O)[O-])cc3c2c1. The number of rotatable bonds is 3. The van der Waals surface area contributed by atoms with E-state index >= 15 is 0 Å². The standard InChI is InChI=1S/C16H13N3O4/c1-9(18-23-10(2)20)11-3-5-15-13(7-11)14-8-12(19(21)22)4-6-16(14)17-15/h3-8,17H,1-2H3/b18-9+. The Balaban J connectivity index is 2.15. The Bertz CT molecular complexity index is 972. The van der Waals surface area contributed by atoms with Gasteiger partial charge in [-0.15, -0.1) is 0 Å². The van der Waals surface area contributed by atoms with Crippen molar-refractivity contribution in [1.82, 2.24) is 4.98 Å². The summed E-state index contributed by atoms with van der Waals surface area (Å²) in [6.45, 7) is 3.00. The Morgan fingerprint density at radius 1 is 1.13 bits per heavy atom. The van der Waals surface area contributed by atoms with Gasteiger partial charge in [0.05, 0.1) is 10.6 Å². The second-order valence-corrected chi connectivity index (χ2v) is 5.13. The van der Waals surface area contributed by atoms with Crippen molar-refractivity contribution in [3.8, 4) is 0 Å². The number of hydrogen-bond acceptors (Lipinski definition) is 5. The number of aromatic amines is 1. The van der Waals surface area contributed by atoms with E-state index in [0.717, 1.165) is 27.4 Å². The number of nitrogens with one attached hydrogen (secondary N) is 1. The van der Waals surface area contributed by atoms with Crippen molar-refractivity contribution in [3.63, 3.8) is 0 Å². The summed E-state index contributed by atoms with van der Waals surface area (Å²) < 4.78 is 0. The maximum absolute atomic E-state index is 11.0. The Morgan fingerprint density at radius 3 is 2.43 bits per heavy atom. The summed E-state index contributed by atoms with van der Waals surface area (Å²) in [5.74, 6) is -0.492. The van der Waals surface area contributed by atoms with Gasteiger partial charge in [-0.2, -0.15) is 0 Å². The number of benzene rings is 2. The molecule has 0 aliphatic rings. The topological polar surface area (TPSA) is 97.6 Å². The van der Waals surface area contributed by atoms with Crippen LogP contribution in [0.25, 0.3) is 21.8 Å². The van der Waals surface area contributed by atoms with Gasteiger partial charge in [-0.3, -0.25) is 10.1 Å². The number of aromatic nitrogens is 1. The molecule has 23 heavy (non-hydrogen) atoms. The lowest BCUT2D eigenvalue weighted by Crippen LogP contribution is -1.99. The fourth-order valence-corrected chi connectivity index (χ4v) is 2.41. The summed E-state index contributed by atoms with van der Waals surface area (Å²) >= 11 is 0. The maximum Gasteiger partial charge on any atom is 0.331 e. The predicted octanol–water partition coefficient (Wildman–Crippen LogP) is 3.52. The first-order valence-corrected chi connectivity index (χ1v) is 6.88. The van der Waals surface area contributed by atoms with Gasteiger partial charge >= 0.3 is 5.97 Å². The fourth-order valence-electron chi connectivity index (χ4n) is 2.41. The van der Waals surface area contributed by atoms with Crippen LogP contribution in [0.2, 0.25) is 0 Å². The molecular formula is C16H13N3O4. The smallest absolute Gasteiger partial charge is 0.331 e. The molecule has 3 rings (SSSR count). The summed E-state index contributed by atoms with van der Waals surface area (Å²) in [6.07, 6.45) is 0. The quantitative estimate of drug-likeness (QED) is 0.346. The summed E-state index contributed by atoms with van der Waals surface area (Å²) in [4.78, 5) is 29.2. The lowest BCUT2D eigenvalue weighted by Gasteiger charge is -2.01. The number of nitrogens with zero attached hydrogens (tertiary/aromatic N) is 2. The first-order chi connectivity index (χ1) is 11.0.